The van der Waals surface area contributed by atoms with E-state index in [1.807, 2.05) is 6.92 Å². The van der Waals surface area contributed by atoms with Gasteiger partial charge >= 0.3 is 0 Å². The third-order valence-corrected chi connectivity index (χ3v) is 5.17. The Morgan fingerprint density at radius 1 is 1.43 bits per heavy atom. The van der Waals surface area contributed by atoms with Crippen LogP contribution in [0, 0.1) is 17.8 Å². The van der Waals surface area contributed by atoms with Gasteiger partial charge in [0.15, 0.2) is 0 Å². The highest BCUT2D eigenvalue weighted by atomic mass is 35.5. The number of aromatic nitrogens is 1. The quantitative estimate of drug-likeness (QED) is 0.877. The first-order chi connectivity index (χ1) is 10.2. The molecular formula is C16H22ClN3O. The molecule has 0 aliphatic heterocycles. The molecule has 0 spiro atoms. The van der Waals surface area contributed by atoms with Crippen molar-refractivity contribution in [2.24, 2.45) is 17.8 Å². The summed E-state index contributed by atoms with van der Waals surface area (Å²) >= 11 is 6.10. The van der Waals surface area contributed by atoms with E-state index in [1.54, 1.807) is 6.07 Å². The van der Waals surface area contributed by atoms with Gasteiger partial charge in [-0.2, -0.15) is 0 Å². The van der Waals surface area contributed by atoms with Crippen LogP contribution in [0.2, 0.25) is 5.02 Å². The van der Waals surface area contributed by atoms with Crippen LogP contribution in [-0.2, 0) is 0 Å². The van der Waals surface area contributed by atoms with Gasteiger partial charge in [0.25, 0.3) is 5.91 Å². The molecule has 5 heteroatoms. The molecule has 2 N–H and O–H groups in total. The highest BCUT2D eigenvalue weighted by molar-refractivity contribution is 6.33. The van der Waals surface area contributed by atoms with Crippen molar-refractivity contribution < 1.29 is 4.79 Å². The maximum atomic E-state index is 12.3. The maximum Gasteiger partial charge on any atom is 0.253 e. The third kappa shape index (κ3) is 3.15. The Balaban J connectivity index is 1.61. The van der Waals surface area contributed by atoms with Crippen molar-refractivity contribution in [3.8, 4) is 0 Å². The molecule has 1 amide bonds. The highest BCUT2D eigenvalue weighted by Crippen LogP contribution is 2.47. The van der Waals surface area contributed by atoms with Crippen LogP contribution < -0.4 is 10.6 Å². The Bertz CT molecular complexity index is 534. The monoisotopic (exact) mass is 307 g/mol. The lowest BCUT2D eigenvalue weighted by Crippen LogP contribution is -2.31. The molecule has 3 unspecified atom stereocenters. The summed E-state index contributed by atoms with van der Waals surface area (Å²) in [5.74, 6) is 2.97. The number of nitrogens with zero attached hydrogens (tertiary/aromatic N) is 1. The molecule has 4 nitrogen and oxygen atoms in total. The number of amides is 1. The molecule has 2 fully saturated rings. The van der Waals surface area contributed by atoms with Gasteiger partial charge < -0.3 is 10.6 Å². The number of rotatable bonds is 5. The zero-order chi connectivity index (χ0) is 14.8. The first kappa shape index (κ1) is 14.6. The Labute approximate surface area is 130 Å². The van der Waals surface area contributed by atoms with Crippen molar-refractivity contribution in [3.63, 3.8) is 0 Å². The van der Waals surface area contributed by atoms with Gasteiger partial charge in [-0.05, 0) is 50.0 Å². The van der Waals surface area contributed by atoms with Gasteiger partial charge in [-0.3, -0.25) is 4.79 Å². The first-order valence-electron chi connectivity index (χ1n) is 7.85. The molecule has 2 saturated carbocycles. The first-order valence-corrected chi connectivity index (χ1v) is 8.22. The van der Waals surface area contributed by atoms with Gasteiger partial charge in [0.05, 0.1) is 10.6 Å². The lowest BCUT2D eigenvalue weighted by molar-refractivity contribution is 0.0942. The molecule has 0 aromatic carbocycles. The van der Waals surface area contributed by atoms with E-state index in [0.717, 1.165) is 24.9 Å². The predicted octanol–water partition coefficient (Wildman–Crippen LogP) is 3.33. The smallest absolute Gasteiger partial charge is 0.253 e. The van der Waals surface area contributed by atoms with Crippen molar-refractivity contribution in [1.29, 1.82) is 0 Å². The summed E-state index contributed by atoms with van der Waals surface area (Å²) in [6, 6.07) is 1.72. The van der Waals surface area contributed by atoms with E-state index in [-0.39, 0.29) is 5.91 Å². The topological polar surface area (TPSA) is 54.0 Å². The average Bonchev–Trinajstić information content (AvgIpc) is 3.09. The molecule has 1 aromatic heterocycles. The normalized spacial score (nSPS) is 26.9. The molecule has 2 bridgehead atoms. The second kappa shape index (κ2) is 6.22. The minimum absolute atomic E-state index is 0.0932. The Morgan fingerprint density at radius 3 is 2.95 bits per heavy atom. The number of hydrogen-bond donors (Lipinski definition) is 2. The number of pyridine rings is 1. The maximum absolute atomic E-state index is 12.3. The van der Waals surface area contributed by atoms with Crippen LogP contribution in [0.5, 0.6) is 0 Å². The SMILES string of the molecule is CCNc1cc(C(=O)NCC2CC3CCC2C3)c(Cl)cn1. The molecule has 0 saturated heterocycles. The second-order valence-electron chi connectivity index (χ2n) is 6.22. The van der Waals surface area contributed by atoms with E-state index in [0.29, 0.717) is 22.3 Å². The van der Waals surface area contributed by atoms with Crippen LogP contribution in [-0.4, -0.2) is 24.0 Å². The fraction of sp³-hybridized carbons (Fsp3) is 0.625. The largest absolute Gasteiger partial charge is 0.370 e. The van der Waals surface area contributed by atoms with Gasteiger partial charge in [-0.25, -0.2) is 4.98 Å². The summed E-state index contributed by atoms with van der Waals surface area (Å²) < 4.78 is 0. The Morgan fingerprint density at radius 2 is 2.29 bits per heavy atom. The van der Waals surface area contributed by atoms with Crippen LogP contribution in [0.4, 0.5) is 5.82 Å². The minimum atomic E-state index is -0.0932. The van der Waals surface area contributed by atoms with Crippen LogP contribution in [0.25, 0.3) is 0 Å². The summed E-state index contributed by atoms with van der Waals surface area (Å²) in [7, 11) is 0. The fourth-order valence-corrected chi connectivity index (χ4v) is 4.03. The standard InChI is InChI=1S/C16H22ClN3O/c1-2-18-15-7-13(14(17)9-19-15)16(21)20-8-12-6-10-3-4-11(12)5-10/h7,9-12H,2-6,8H2,1H3,(H,18,19)(H,20,21). The number of carbonyl (C=O) groups is 1. The Kier molecular flexibility index (Phi) is 4.34. The number of anilines is 1. The lowest BCUT2D eigenvalue weighted by Gasteiger charge is -2.22. The summed E-state index contributed by atoms with van der Waals surface area (Å²) in [6.45, 7) is 3.53. The van der Waals surface area contributed by atoms with Crippen LogP contribution in [0.3, 0.4) is 0 Å². The van der Waals surface area contributed by atoms with Crippen molar-refractivity contribution in [2.45, 2.75) is 32.6 Å². The van der Waals surface area contributed by atoms with Crippen molar-refractivity contribution >= 4 is 23.3 Å². The van der Waals surface area contributed by atoms with Crippen molar-refractivity contribution in [2.75, 3.05) is 18.4 Å². The van der Waals surface area contributed by atoms with Gasteiger partial charge in [0.1, 0.15) is 5.82 Å². The van der Waals surface area contributed by atoms with Gasteiger partial charge in [0.2, 0.25) is 0 Å². The van der Waals surface area contributed by atoms with Gasteiger partial charge in [0, 0.05) is 19.3 Å². The third-order valence-electron chi connectivity index (χ3n) is 4.87. The molecule has 3 rings (SSSR count). The summed E-state index contributed by atoms with van der Waals surface area (Å²) in [5.41, 5.74) is 0.505. The van der Waals surface area contributed by atoms with E-state index in [1.165, 1.54) is 31.9 Å². The number of carbonyl (C=O) groups excluding carboxylic acids is 1. The number of hydrogen-bond acceptors (Lipinski definition) is 3. The number of halogens is 1. The fourth-order valence-electron chi connectivity index (χ4n) is 3.84. The van der Waals surface area contributed by atoms with Crippen molar-refractivity contribution in [1.82, 2.24) is 10.3 Å². The Hall–Kier alpha value is -1.29. The molecular weight excluding hydrogens is 286 g/mol. The summed E-state index contributed by atoms with van der Waals surface area (Å²) in [5, 5.41) is 6.56. The van der Waals surface area contributed by atoms with E-state index >= 15 is 0 Å². The number of fused-ring (bicyclic) bond motifs is 2. The molecule has 3 atom stereocenters. The lowest BCUT2D eigenvalue weighted by atomic mass is 9.89. The molecule has 114 valence electrons. The van der Waals surface area contributed by atoms with Crippen LogP contribution in [0.15, 0.2) is 12.3 Å². The minimum Gasteiger partial charge on any atom is -0.370 e. The second-order valence-corrected chi connectivity index (χ2v) is 6.63. The zero-order valence-electron chi connectivity index (χ0n) is 12.4. The summed E-state index contributed by atoms with van der Waals surface area (Å²) in [4.78, 5) is 16.5. The average molecular weight is 308 g/mol. The molecule has 2 aliphatic carbocycles. The molecule has 0 radical (unpaired) electrons. The molecule has 21 heavy (non-hydrogen) atoms. The summed E-state index contributed by atoms with van der Waals surface area (Å²) in [6.07, 6.45) is 6.90. The predicted molar refractivity (Wildman–Crippen MR) is 84.7 cm³/mol. The van der Waals surface area contributed by atoms with Crippen LogP contribution in [0.1, 0.15) is 43.0 Å². The number of nitrogens with one attached hydrogen (secondary N) is 2. The van der Waals surface area contributed by atoms with E-state index < -0.39 is 0 Å². The molecule has 1 aromatic rings. The van der Waals surface area contributed by atoms with Crippen LogP contribution >= 0.6 is 11.6 Å². The van der Waals surface area contributed by atoms with E-state index in [4.69, 9.17) is 11.6 Å². The van der Waals surface area contributed by atoms with E-state index in [9.17, 15) is 4.79 Å². The highest BCUT2D eigenvalue weighted by Gasteiger charge is 2.39. The van der Waals surface area contributed by atoms with E-state index in [2.05, 4.69) is 15.6 Å². The molecule has 1 heterocycles. The van der Waals surface area contributed by atoms with Gasteiger partial charge in [-0.1, -0.05) is 18.0 Å². The zero-order valence-corrected chi connectivity index (χ0v) is 13.1. The van der Waals surface area contributed by atoms with Gasteiger partial charge in [-0.15, -0.1) is 0 Å². The molecule has 2 aliphatic rings. The van der Waals surface area contributed by atoms with Crippen molar-refractivity contribution in [3.05, 3.63) is 22.8 Å².